The zero-order valence-corrected chi connectivity index (χ0v) is 18.3. The third kappa shape index (κ3) is 5.12. The molecule has 1 saturated heterocycles. The summed E-state index contributed by atoms with van der Waals surface area (Å²) in [6.45, 7) is 1.01. The van der Waals surface area contributed by atoms with Crippen LogP contribution in [0.4, 0.5) is 5.82 Å². The topological polar surface area (TPSA) is 97.2 Å². The second kappa shape index (κ2) is 9.17. The molecule has 1 aromatic carbocycles. The molecule has 0 aliphatic carbocycles. The van der Waals surface area contributed by atoms with Crippen molar-refractivity contribution in [3.8, 4) is 0 Å². The Morgan fingerprint density at radius 2 is 1.97 bits per heavy atom. The Labute approximate surface area is 185 Å². The Kier molecular flexibility index (Phi) is 6.35. The van der Waals surface area contributed by atoms with Crippen molar-refractivity contribution in [2.24, 2.45) is 5.92 Å². The lowest BCUT2D eigenvalue weighted by Crippen LogP contribution is -2.43. The maximum absolute atomic E-state index is 12.9. The number of hydrogen-bond acceptors (Lipinski definition) is 5. The number of pyridine rings is 1. The molecule has 1 aliphatic heterocycles. The Bertz CT molecular complexity index is 1150. The van der Waals surface area contributed by atoms with Gasteiger partial charge in [0, 0.05) is 36.6 Å². The highest BCUT2D eigenvalue weighted by Gasteiger charge is 2.33. The monoisotopic (exact) mass is 459 g/mol. The number of sulfonamides is 1. The van der Waals surface area contributed by atoms with Crippen LogP contribution in [0.25, 0.3) is 0 Å². The summed E-state index contributed by atoms with van der Waals surface area (Å²) in [6, 6.07) is 13.4. The first-order valence-electron chi connectivity index (χ1n) is 9.92. The zero-order valence-electron chi connectivity index (χ0n) is 16.7. The van der Waals surface area contributed by atoms with E-state index in [-0.39, 0.29) is 17.3 Å². The van der Waals surface area contributed by atoms with E-state index in [0.29, 0.717) is 36.8 Å². The van der Waals surface area contributed by atoms with Crippen LogP contribution in [-0.4, -0.2) is 46.5 Å². The molecule has 1 aliphatic rings. The minimum Gasteiger partial charge on any atom is -0.309 e. The Morgan fingerprint density at radius 1 is 1.16 bits per heavy atom. The van der Waals surface area contributed by atoms with Crippen LogP contribution < -0.4 is 5.32 Å². The predicted molar refractivity (Wildman–Crippen MR) is 117 cm³/mol. The molecule has 1 fully saturated rings. The molecule has 0 saturated carbocycles. The van der Waals surface area contributed by atoms with Gasteiger partial charge in [0.2, 0.25) is 15.9 Å². The highest BCUT2D eigenvalue weighted by Crippen LogP contribution is 2.25. The molecule has 8 nitrogen and oxygen atoms in total. The zero-order chi connectivity index (χ0) is 21.8. The second-order valence-electron chi connectivity index (χ2n) is 7.37. The predicted octanol–water partition coefficient (Wildman–Crippen LogP) is 3.02. The highest BCUT2D eigenvalue weighted by molar-refractivity contribution is 7.89. The van der Waals surface area contributed by atoms with E-state index in [0.717, 1.165) is 5.69 Å². The lowest BCUT2D eigenvalue weighted by Gasteiger charge is -2.31. The quantitative estimate of drug-likeness (QED) is 0.611. The van der Waals surface area contributed by atoms with Crippen LogP contribution in [0.3, 0.4) is 0 Å². The summed E-state index contributed by atoms with van der Waals surface area (Å²) in [6.07, 6.45) is 4.71. The number of amides is 1. The maximum Gasteiger partial charge on any atom is 0.243 e. The van der Waals surface area contributed by atoms with Crippen molar-refractivity contribution in [1.82, 2.24) is 19.1 Å². The molecule has 3 heterocycles. The molecule has 4 rings (SSSR count). The first-order valence-corrected chi connectivity index (χ1v) is 11.7. The number of halogens is 1. The lowest BCUT2D eigenvalue weighted by molar-refractivity contribution is -0.120. The molecule has 10 heteroatoms. The summed E-state index contributed by atoms with van der Waals surface area (Å²) >= 11 is 5.86. The summed E-state index contributed by atoms with van der Waals surface area (Å²) in [7, 11) is -3.68. The van der Waals surface area contributed by atoms with E-state index in [1.54, 1.807) is 35.3 Å². The van der Waals surface area contributed by atoms with Crippen molar-refractivity contribution in [3.63, 3.8) is 0 Å². The number of anilines is 1. The summed E-state index contributed by atoms with van der Waals surface area (Å²) in [4.78, 5) is 17.2. The van der Waals surface area contributed by atoms with Crippen LogP contribution in [-0.2, 0) is 21.4 Å². The number of piperidine rings is 1. The average Bonchev–Trinajstić information content (AvgIpc) is 3.21. The summed E-state index contributed by atoms with van der Waals surface area (Å²) in [5.41, 5.74) is 0.860. The van der Waals surface area contributed by atoms with Gasteiger partial charge in [-0.2, -0.15) is 9.40 Å². The van der Waals surface area contributed by atoms with Crippen molar-refractivity contribution < 1.29 is 13.2 Å². The van der Waals surface area contributed by atoms with Gasteiger partial charge in [-0.3, -0.25) is 14.5 Å². The molecule has 1 amide bonds. The fourth-order valence-electron chi connectivity index (χ4n) is 3.53. The standard InChI is InChI=1S/C21H22ClN5O3S/c22-17-6-8-19(9-7-17)31(29,30)27-12-3-4-16(14-27)21(28)24-20-10-13-26(25-20)15-18-5-1-2-11-23-18/h1-2,5-11,13,16H,3-4,12,14-15H2,(H,24,25,28). The lowest BCUT2D eigenvalue weighted by atomic mass is 9.99. The third-order valence-corrected chi connectivity index (χ3v) is 7.28. The highest BCUT2D eigenvalue weighted by atomic mass is 35.5. The molecule has 3 aromatic rings. The van der Waals surface area contributed by atoms with Crippen LogP contribution in [0.5, 0.6) is 0 Å². The number of carbonyl (C=O) groups is 1. The van der Waals surface area contributed by atoms with E-state index in [1.165, 1.54) is 16.4 Å². The number of carbonyl (C=O) groups excluding carboxylic acids is 1. The Morgan fingerprint density at radius 3 is 2.71 bits per heavy atom. The fourth-order valence-corrected chi connectivity index (χ4v) is 5.18. The number of rotatable bonds is 6. The SMILES string of the molecule is O=C(Nc1ccn(Cc2ccccn2)n1)C1CCCN(S(=O)(=O)c2ccc(Cl)cc2)C1. The minimum absolute atomic E-state index is 0.130. The summed E-state index contributed by atoms with van der Waals surface area (Å²) in [5, 5.41) is 7.64. The van der Waals surface area contributed by atoms with Crippen LogP contribution >= 0.6 is 11.6 Å². The van der Waals surface area contributed by atoms with Crippen LogP contribution in [0.1, 0.15) is 18.5 Å². The van der Waals surface area contributed by atoms with Gasteiger partial charge in [0.05, 0.1) is 23.1 Å². The molecular formula is C21H22ClN5O3S. The number of nitrogens with one attached hydrogen (secondary N) is 1. The molecule has 1 atom stereocenters. The van der Waals surface area contributed by atoms with Gasteiger partial charge >= 0.3 is 0 Å². The molecule has 31 heavy (non-hydrogen) atoms. The normalized spacial score (nSPS) is 17.4. The van der Waals surface area contributed by atoms with Gasteiger partial charge in [0.25, 0.3) is 0 Å². The second-order valence-corrected chi connectivity index (χ2v) is 9.74. The van der Waals surface area contributed by atoms with E-state index in [1.807, 2.05) is 18.2 Å². The summed E-state index contributed by atoms with van der Waals surface area (Å²) in [5.74, 6) is -0.255. The molecule has 0 bridgehead atoms. The van der Waals surface area contributed by atoms with Gasteiger partial charge in [-0.05, 0) is 49.2 Å². The largest absolute Gasteiger partial charge is 0.309 e. The van der Waals surface area contributed by atoms with Gasteiger partial charge in [-0.1, -0.05) is 17.7 Å². The van der Waals surface area contributed by atoms with Gasteiger partial charge in [-0.25, -0.2) is 8.42 Å². The molecule has 0 radical (unpaired) electrons. The third-order valence-electron chi connectivity index (χ3n) is 5.15. The van der Waals surface area contributed by atoms with Gasteiger partial charge in [0.15, 0.2) is 5.82 Å². The van der Waals surface area contributed by atoms with Crippen molar-refractivity contribution in [3.05, 3.63) is 71.6 Å². The van der Waals surface area contributed by atoms with Crippen LogP contribution in [0.2, 0.25) is 5.02 Å². The fraction of sp³-hybridized carbons (Fsp3) is 0.286. The molecular weight excluding hydrogens is 438 g/mol. The molecule has 1 N–H and O–H groups in total. The van der Waals surface area contributed by atoms with Crippen molar-refractivity contribution in [2.45, 2.75) is 24.3 Å². The van der Waals surface area contributed by atoms with E-state index in [9.17, 15) is 13.2 Å². The van der Waals surface area contributed by atoms with Crippen molar-refractivity contribution in [1.29, 1.82) is 0 Å². The molecule has 0 spiro atoms. The molecule has 162 valence electrons. The van der Waals surface area contributed by atoms with Gasteiger partial charge < -0.3 is 5.32 Å². The van der Waals surface area contributed by atoms with E-state index < -0.39 is 15.9 Å². The molecule has 1 unspecified atom stereocenters. The maximum atomic E-state index is 12.9. The van der Waals surface area contributed by atoms with Crippen molar-refractivity contribution in [2.75, 3.05) is 18.4 Å². The number of nitrogens with zero attached hydrogens (tertiary/aromatic N) is 4. The van der Waals surface area contributed by atoms with Crippen LogP contribution in [0, 0.1) is 5.92 Å². The van der Waals surface area contributed by atoms with E-state index in [2.05, 4.69) is 15.4 Å². The van der Waals surface area contributed by atoms with E-state index in [4.69, 9.17) is 11.6 Å². The average molecular weight is 460 g/mol. The number of benzene rings is 1. The number of hydrogen-bond donors (Lipinski definition) is 1. The Hall–Kier alpha value is -2.75. The number of aromatic nitrogens is 3. The summed E-state index contributed by atoms with van der Waals surface area (Å²) < 4.78 is 28.9. The van der Waals surface area contributed by atoms with Crippen molar-refractivity contribution >= 4 is 33.3 Å². The van der Waals surface area contributed by atoms with Gasteiger partial charge in [0.1, 0.15) is 0 Å². The molecule has 2 aromatic heterocycles. The van der Waals surface area contributed by atoms with E-state index >= 15 is 0 Å². The Balaban J connectivity index is 1.39. The van der Waals surface area contributed by atoms with Gasteiger partial charge in [-0.15, -0.1) is 0 Å². The smallest absolute Gasteiger partial charge is 0.243 e. The first-order chi connectivity index (χ1) is 14.9. The van der Waals surface area contributed by atoms with Crippen LogP contribution in [0.15, 0.2) is 65.8 Å². The first kappa shape index (κ1) is 21.5. The minimum atomic E-state index is -3.68.